The summed E-state index contributed by atoms with van der Waals surface area (Å²) in [5, 5.41) is 3.44. The van der Waals surface area contributed by atoms with Crippen LogP contribution in [0.5, 0.6) is 0 Å². The van der Waals surface area contributed by atoms with Gasteiger partial charge in [0.05, 0.1) is 0 Å². The van der Waals surface area contributed by atoms with Gasteiger partial charge in [0, 0.05) is 6.54 Å². The van der Waals surface area contributed by atoms with Crippen LogP contribution in [0.15, 0.2) is 24.3 Å². The van der Waals surface area contributed by atoms with Gasteiger partial charge in [-0.15, -0.1) is 12.4 Å². The maximum Gasteiger partial charge on any atom is 0.0233 e. The molecule has 0 atom stereocenters. The van der Waals surface area contributed by atoms with E-state index in [1.807, 2.05) is 0 Å². The first-order valence-corrected chi connectivity index (χ1v) is 7.19. The van der Waals surface area contributed by atoms with Crippen molar-refractivity contribution in [2.75, 3.05) is 26.7 Å². The van der Waals surface area contributed by atoms with E-state index in [4.69, 9.17) is 0 Å². The second-order valence-corrected chi connectivity index (χ2v) is 5.65. The van der Waals surface area contributed by atoms with E-state index in [1.54, 1.807) is 0 Å². The molecule has 19 heavy (non-hydrogen) atoms. The quantitative estimate of drug-likeness (QED) is 0.892. The third-order valence-corrected chi connectivity index (χ3v) is 4.08. The van der Waals surface area contributed by atoms with Crippen molar-refractivity contribution < 1.29 is 0 Å². The summed E-state index contributed by atoms with van der Waals surface area (Å²) in [5.41, 5.74) is 2.87. The first kappa shape index (κ1) is 16.5. The highest BCUT2D eigenvalue weighted by Crippen LogP contribution is 2.17. The first-order chi connectivity index (χ1) is 8.75. The number of nitrogens with zero attached hydrogens (tertiary/aromatic N) is 1. The van der Waals surface area contributed by atoms with Crippen molar-refractivity contribution in [3.05, 3.63) is 35.4 Å². The molecular weight excluding hydrogens is 256 g/mol. The molecule has 1 N–H and O–H groups in total. The molecule has 1 aliphatic rings. The predicted molar refractivity (Wildman–Crippen MR) is 85.0 cm³/mol. The molecule has 1 aromatic rings. The van der Waals surface area contributed by atoms with E-state index in [0.29, 0.717) is 0 Å². The zero-order valence-electron chi connectivity index (χ0n) is 12.2. The van der Waals surface area contributed by atoms with Crippen LogP contribution in [0.2, 0.25) is 0 Å². The van der Waals surface area contributed by atoms with Crippen molar-refractivity contribution in [1.29, 1.82) is 0 Å². The fraction of sp³-hybridized carbons (Fsp3) is 0.625. The number of hydrogen-bond acceptors (Lipinski definition) is 2. The predicted octanol–water partition coefficient (Wildman–Crippen LogP) is 3.24. The Morgan fingerprint density at radius 3 is 2.58 bits per heavy atom. The number of nitrogens with one attached hydrogen (secondary N) is 1. The molecule has 0 saturated carbocycles. The normalized spacial score (nSPS) is 16.4. The van der Waals surface area contributed by atoms with E-state index in [2.05, 4.69) is 48.5 Å². The Bertz CT molecular complexity index is 362. The third kappa shape index (κ3) is 5.52. The van der Waals surface area contributed by atoms with Gasteiger partial charge in [-0.05, 0) is 69.9 Å². The summed E-state index contributed by atoms with van der Waals surface area (Å²) < 4.78 is 0. The van der Waals surface area contributed by atoms with Gasteiger partial charge in [-0.25, -0.2) is 0 Å². The van der Waals surface area contributed by atoms with Crippen LogP contribution in [0.25, 0.3) is 0 Å². The molecule has 1 saturated heterocycles. The summed E-state index contributed by atoms with van der Waals surface area (Å²) in [6, 6.07) is 8.71. The SMILES string of the molecule is Cc1ccccc1CN(C)CCC1CCNCC1.Cl. The van der Waals surface area contributed by atoms with Gasteiger partial charge in [0.2, 0.25) is 0 Å². The minimum absolute atomic E-state index is 0. The van der Waals surface area contributed by atoms with Gasteiger partial charge < -0.3 is 10.2 Å². The summed E-state index contributed by atoms with van der Waals surface area (Å²) in [6.45, 7) is 6.94. The lowest BCUT2D eigenvalue weighted by molar-refractivity contribution is 0.265. The first-order valence-electron chi connectivity index (χ1n) is 7.19. The van der Waals surface area contributed by atoms with Crippen LogP contribution in [0.3, 0.4) is 0 Å². The maximum atomic E-state index is 3.44. The molecule has 108 valence electrons. The van der Waals surface area contributed by atoms with Crippen LogP contribution in [0, 0.1) is 12.8 Å². The fourth-order valence-electron chi connectivity index (χ4n) is 2.73. The van der Waals surface area contributed by atoms with Crippen LogP contribution in [-0.4, -0.2) is 31.6 Å². The van der Waals surface area contributed by atoms with Crippen LogP contribution in [-0.2, 0) is 6.54 Å². The summed E-state index contributed by atoms with van der Waals surface area (Å²) in [5.74, 6) is 0.936. The molecule has 0 aliphatic carbocycles. The zero-order chi connectivity index (χ0) is 12.8. The Kier molecular flexibility index (Phi) is 7.44. The van der Waals surface area contributed by atoms with Crippen LogP contribution in [0.4, 0.5) is 0 Å². The van der Waals surface area contributed by atoms with Crippen molar-refractivity contribution in [3.63, 3.8) is 0 Å². The molecule has 1 aromatic carbocycles. The van der Waals surface area contributed by atoms with E-state index < -0.39 is 0 Å². The molecule has 1 heterocycles. The van der Waals surface area contributed by atoms with Gasteiger partial charge in [-0.2, -0.15) is 0 Å². The largest absolute Gasteiger partial charge is 0.317 e. The van der Waals surface area contributed by atoms with E-state index in [9.17, 15) is 0 Å². The topological polar surface area (TPSA) is 15.3 Å². The number of piperidine rings is 1. The van der Waals surface area contributed by atoms with E-state index in [1.165, 1.54) is 50.0 Å². The Morgan fingerprint density at radius 1 is 1.21 bits per heavy atom. The summed E-state index contributed by atoms with van der Waals surface area (Å²) in [6.07, 6.45) is 4.07. The van der Waals surface area contributed by atoms with Crippen molar-refractivity contribution in [3.8, 4) is 0 Å². The average Bonchev–Trinajstić information content (AvgIpc) is 2.40. The van der Waals surface area contributed by atoms with Crippen molar-refractivity contribution in [2.24, 2.45) is 5.92 Å². The van der Waals surface area contributed by atoms with Gasteiger partial charge in [0.25, 0.3) is 0 Å². The number of aryl methyl sites for hydroxylation is 1. The second-order valence-electron chi connectivity index (χ2n) is 5.65. The van der Waals surface area contributed by atoms with E-state index >= 15 is 0 Å². The highest BCUT2D eigenvalue weighted by Gasteiger charge is 2.13. The fourth-order valence-corrected chi connectivity index (χ4v) is 2.73. The summed E-state index contributed by atoms with van der Waals surface area (Å²) >= 11 is 0. The zero-order valence-corrected chi connectivity index (χ0v) is 13.0. The van der Waals surface area contributed by atoms with Gasteiger partial charge in [-0.3, -0.25) is 0 Å². The molecule has 0 unspecified atom stereocenters. The summed E-state index contributed by atoms with van der Waals surface area (Å²) in [7, 11) is 2.24. The molecule has 0 aromatic heterocycles. The second kappa shape index (κ2) is 8.57. The molecular formula is C16H27ClN2. The van der Waals surface area contributed by atoms with E-state index in [-0.39, 0.29) is 12.4 Å². The smallest absolute Gasteiger partial charge is 0.0233 e. The van der Waals surface area contributed by atoms with Gasteiger partial charge in [0.15, 0.2) is 0 Å². The minimum atomic E-state index is 0. The van der Waals surface area contributed by atoms with Crippen molar-refractivity contribution in [2.45, 2.75) is 32.7 Å². The number of halogens is 1. The molecule has 2 nitrogen and oxygen atoms in total. The standard InChI is InChI=1S/C16H26N2.ClH/c1-14-5-3-4-6-16(14)13-18(2)12-9-15-7-10-17-11-8-15;/h3-6,15,17H,7-13H2,1-2H3;1H. The van der Waals surface area contributed by atoms with Gasteiger partial charge in [0.1, 0.15) is 0 Å². The van der Waals surface area contributed by atoms with Gasteiger partial charge in [-0.1, -0.05) is 24.3 Å². The molecule has 0 spiro atoms. The molecule has 0 bridgehead atoms. The number of hydrogen-bond donors (Lipinski definition) is 1. The number of rotatable bonds is 5. The molecule has 3 heteroatoms. The Labute approximate surface area is 124 Å². The average molecular weight is 283 g/mol. The Balaban J connectivity index is 0.00000180. The minimum Gasteiger partial charge on any atom is -0.317 e. The summed E-state index contributed by atoms with van der Waals surface area (Å²) in [4.78, 5) is 2.46. The highest BCUT2D eigenvalue weighted by molar-refractivity contribution is 5.85. The van der Waals surface area contributed by atoms with Crippen molar-refractivity contribution >= 4 is 12.4 Å². The lowest BCUT2D eigenvalue weighted by Gasteiger charge is -2.25. The molecule has 0 amide bonds. The van der Waals surface area contributed by atoms with Crippen LogP contribution >= 0.6 is 12.4 Å². The molecule has 1 aliphatic heterocycles. The van der Waals surface area contributed by atoms with Crippen molar-refractivity contribution in [1.82, 2.24) is 10.2 Å². The van der Waals surface area contributed by atoms with E-state index in [0.717, 1.165) is 12.5 Å². The Hall–Kier alpha value is -0.570. The van der Waals surface area contributed by atoms with Crippen LogP contribution < -0.4 is 5.32 Å². The maximum absolute atomic E-state index is 3.44. The van der Waals surface area contributed by atoms with Gasteiger partial charge >= 0.3 is 0 Å². The number of benzene rings is 1. The lowest BCUT2D eigenvalue weighted by atomic mass is 9.94. The third-order valence-electron chi connectivity index (χ3n) is 4.08. The lowest BCUT2D eigenvalue weighted by Crippen LogP contribution is -2.30. The van der Waals surface area contributed by atoms with Crippen LogP contribution in [0.1, 0.15) is 30.4 Å². The molecule has 0 radical (unpaired) electrons. The Morgan fingerprint density at radius 2 is 1.89 bits per heavy atom. The molecule has 2 rings (SSSR count). The highest BCUT2D eigenvalue weighted by atomic mass is 35.5. The monoisotopic (exact) mass is 282 g/mol. The molecule has 1 fully saturated rings.